The van der Waals surface area contributed by atoms with E-state index in [0.717, 1.165) is 17.3 Å². The molecule has 0 aliphatic heterocycles. The predicted octanol–water partition coefficient (Wildman–Crippen LogP) is 3.00. The highest BCUT2D eigenvalue weighted by atomic mass is 16.1. The van der Waals surface area contributed by atoms with Crippen molar-refractivity contribution in [1.29, 1.82) is 0 Å². The molecule has 0 aliphatic carbocycles. The first-order chi connectivity index (χ1) is 9.73. The molecule has 0 aromatic carbocycles. The van der Waals surface area contributed by atoms with Crippen LogP contribution in [0.15, 0.2) is 6.07 Å². The molecule has 5 heteroatoms. The molecule has 1 aromatic rings. The predicted molar refractivity (Wildman–Crippen MR) is 90.9 cm³/mol. The molecule has 0 spiro atoms. The van der Waals surface area contributed by atoms with Gasteiger partial charge in [0.15, 0.2) is 0 Å². The normalized spacial score (nSPS) is 13.1. The lowest BCUT2D eigenvalue weighted by atomic mass is 9.90. The summed E-state index contributed by atoms with van der Waals surface area (Å²) >= 11 is 0. The number of rotatable bonds is 4. The van der Waals surface area contributed by atoms with Gasteiger partial charge in [-0.15, -0.1) is 0 Å². The van der Waals surface area contributed by atoms with Crippen LogP contribution in [-0.2, 0) is 15.6 Å². The van der Waals surface area contributed by atoms with Gasteiger partial charge in [-0.25, -0.2) is 9.97 Å². The topological polar surface area (TPSA) is 80.9 Å². The van der Waals surface area contributed by atoms with Gasteiger partial charge in [-0.1, -0.05) is 41.5 Å². The zero-order valence-corrected chi connectivity index (χ0v) is 15.2. The van der Waals surface area contributed by atoms with E-state index in [9.17, 15) is 4.79 Å². The quantitative estimate of drug-likeness (QED) is 0.896. The van der Waals surface area contributed by atoms with Crippen molar-refractivity contribution in [2.75, 3.05) is 11.9 Å². The highest BCUT2D eigenvalue weighted by Crippen LogP contribution is 2.27. The van der Waals surface area contributed by atoms with Crippen molar-refractivity contribution in [3.05, 3.63) is 17.6 Å². The van der Waals surface area contributed by atoms with Crippen molar-refractivity contribution in [2.45, 2.75) is 66.2 Å². The fourth-order valence-corrected chi connectivity index (χ4v) is 1.66. The number of primary amides is 1. The molecule has 0 aliphatic rings. The van der Waals surface area contributed by atoms with E-state index in [4.69, 9.17) is 10.7 Å². The molecular formula is C17H30N4O. The van der Waals surface area contributed by atoms with E-state index in [1.165, 1.54) is 0 Å². The fourth-order valence-electron chi connectivity index (χ4n) is 1.66. The van der Waals surface area contributed by atoms with Crippen molar-refractivity contribution in [3.8, 4) is 0 Å². The Balaban J connectivity index is 3.17. The molecule has 0 bridgehead atoms. The molecular weight excluding hydrogens is 276 g/mol. The van der Waals surface area contributed by atoms with Crippen molar-refractivity contribution < 1.29 is 4.79 Å². The van der Waals surface area contributed by atoms with Crippen LogP contribution >= 0.6 is 0 Å². The monoisotopic (exact) mass is 306 g/mol. The van der Waals surface area contributed by atoms with Crippen LogP contribution in [-0.4, -0.2) is 22.4 Å². The molecule has 0 saturated carbocycles. The Morgan fingerprint density at radius 3 is 2.00 bits per heavy atom. The van der Waals surface area contributed by atoms with Crippen LogP contribution < -0.4 is 11.1 Å². The second kappa shape index (κ2) is 5.86. The van der Waals surface area contributed by atoms with Crippen LogP contribution in [0.25, 0.3) is 0 Å². The first-order valence-corrected chi connectivity index (χ1v) is 7.67. The zero-order chi connectivity index (χ0) is 17.3. The number of amides is 1. The Hall–Kier alpha value is -1.65. The molecule has 1 amide bonds. The lowest BCUT2D eigenvalue weighted by Crippen LogP contribution is -2.37. The molecule has 0 radical (unpaired) electrons. The molecule has 3 N–H and O–H groups in total. The van der Waals surface area contributed by atoms with Crippen molar-refractivity contribution in [2.24, 2.45) is 11.1 Å². The van der Waals surface area contributed by atoms with Crippen LogP contribution in [0.2, 0.25) is 0 Å². The zero-order valence-electron chi connectivity index (χ0n) is 15.2. The Labute approximate surface area is 134 Å². The van der Waals surface area contributed by atoms with E-state index in [0.29, 0.717) is 6.54 Å². The standard InChI is InChI=1S/C17H30N4O/c1-15(2,3)11-9-12(19-10-17(7,8)13(18)22)21-14(20-11)16(4,5)6/h9H,10H2,1-8H3,(H2,18,22)(H,19,20,21). The second-order valence-electron chi connectivity index (χ2n) is 8.56. The van der Waals surface area contributed by atoms with E-state index in [1.54, 1.807) is 0 Å². The lowest BCUT2D eigenvalue weighted by Gasteiger charge is -2.25. The molecule has 1 aromatic heterocycles. The largest absolute Gasteiger partial charge is 0.369 e. The maximum absolute atomic E-state index is 11.4. The average molecular weight is 306 g/mol. The summed E-state index contributed by atoms with van der Waals surface area (Å²) in [5.41, 5.74) is 5.56. The van der Waals surface area contributed by atoms with Gasteiger partial charge in [0.1, 0.15) is 11.6 Å². The van der Waals surface area contributed by atoms with Crippen molar-refractivity contribution in [3.63, 3.8) is 0 Å². The highest BCUT2D eigenvalue weighted by Gasteiger charge is 2.27. The maximum atomic E-state index is 11.4. The van der Waals surface area contributed by atoms with Crippen LogP contribution in [0.4, 0.5) is 5.82 Å². The molecule has 0 saturated heterocycles. The van der Waals surface area contributed by atoms with Crippen LogP contribution in [0, 0.1) is 5.41 Å². The van der Waals surface area contributed by atoms with Gasteiger partial charge >= 0.3 is 0 Å². The average Bonchev–Trinajstić information content (AvgIpc) is 2.34. The second-order valence-corrected chi connectivity index (χ2v) is 8.56. The number of hydrogen-bond donors (Lipinski definition) is 2. The Kier molecular flexibility index (Phi) is 4.90. The number of anilines is 1. The molecule has 0 atom stereocenters. The molecule has 1 heterocycles. The Morgan fingerprint density at radius 1 is 1.05 bits per heavy atom. The van der Waals surface area contributed by atoms with Crippen molar-refractivity contribution >= 4 is 11.7 Å². The van der Waals surface area contributed by atoms with E-state index in [2.05, 4.69) is 51.8 Å². The SMILES string of the molecule is CC(C)(CNc1cc(C(C)(C)C)nc(C(C)(C)C)n1)C(N)=O. The van der Waals surface area contributed by atoms with Crippen LogP contribution in [0.3, 0.4) is 0 Å². The third kappa shape index (κ3) is 4.68. The minimum Gasteiger partial charge on any atom is -0.369 e. The first kappa shape index (κ1) is 18.4. The number of aromatic nitrogens is 2. The molecule has 5 nitrogen and oxygen atoms in total. The van der Waals surface area contributed by atoms with Gasteiger partial charge in [0.25, 0.3) is 0 Å². The highest BCUT2D eigenvalue weighted by molar-refractivity contribution is 5.80. The number of nitrogens with one attached hydrogen (secondary N) is 1. The minimum absolute atomic E-state index is 0.0709. The first-order valence-electron chi connectivity index (χ1n) is 7.67. The summed E-state index contributed by atoms with van der Waals surface area (Å²) < 4.78 is 0. The summed E-state index contributed by atoms with van der Waals surface area (Å²) in [7, 11) is 0. The van der Waals surface area contributed by atoms with E-state index in [-0.39, 0.29) is 16.7 Å². The summed E-state index contributed by atoms with van der Waals surface area (Å²) in [5.74, 6) is 1.19. The Bertz CT molecular complexity index is 519. The third-order valence-corrected chi connectivity index (χ3v) is 3.54. The number of hydrogen-bond acceptors (Lipinski definition) is 4. The van der Waals surface area contributed by atoms with Crippen molar-refractivity contribution in [1.82, 2.24) is 9.97 Å². The van der Waals surface area contributed by atoms with Gasteiger partial charge in [0.2, 0.25) is 5.91 Å². The number of nitrogens with two attached hydrogens (primary N) is 1. The lowest BCUT2D eigenvalue weighted by molar-refractivity contribution is -0.125. The van der Waals surface area contributed by atoms with Gasteiger partial charge < -0.3 is 11.1 Å². The molecule has 0 fully saturated rings. The summed E-state index contributed by atoms with van der Waals surface area (Å²) in [6, 6.07) is 1.95. The van der Waals surface area contributed by atoms with Gasteiger partial charge in [-0.2, -0.15) is 0 Å². The number of carbonyl (C=O) groups excluding carboxylic acids is 1. The van der Waals surface area contributed by atoms with Gasteiger partial charge in [0, 0.05) is 23.4 Å². The summed E-state index contributed by atoms with van der Waals surface area (Å²) in [4.78, 5) is 20.8. The number of carbonyl (C=O) groups is 1. The molecule has 0 unspecified atom stereocenters. The van der Waals surface area contributed by atoms with Gasteiger partial charge in [-0.3, -0.25) is 4.79 Å². The smallest absolute Gasteiger partial charge is 0.224 e. The molecule has 22 heavy (non-hydrogen) atoms. The van der Waals surface area contributed by atoms with Crippen LogP contribution in [0.1, 0.15) is 66.9 Å². The number of nitrogens with zero attached hydrogens (tertiary/aromatic N) is 2. The maximum Gasteiger partial charge on any atom is 0.224 e. The summed E-state index contributed by atoms with van der Waals surface area (Å²) in [6.45, 7) is 16.7. The molecule has 124 valence electrons. The van der Waals surface area contributed by atoms with Crippen LogP contribution in [0.5, 0.6) is 0 Å². The minimum atomic E-state index is -0.630. The Morgan fingerprint density at radius 2 is 1.59 bits per heavy atom. The third-order valence-electron chi connectivity index (χ3n) is 3.54. The summed E-state index contributed by atoms with van der Waals surface area (Å²) in [6.07, 6.45) is 0. The van der Waals surface area contributed by atoms with E-state index < -0.39 is 5.41 Å². The van der Waals surface area contributed by atoms with E-state index in [1.807, 2.05) is 19.9 Å². The fraction of sp³-hybridized carbons (Fsp3) is 0.706. The molecule has 1 rings (SSSR count). The summed E-state index contributed by atoms with van der Waals surface area (Å²) in [5, 5.41) is 3.24. The van der Waals surface area contributed by atoms with E-state index >= 15 is 0 Å². The van der Waals surface area contributed by atoms with Gasteiger partial charge in [0.05, 0.1) is 11.1 Å². The van der Waals surface area contributed by atoms with Gasteiger partial charge in [-0.05, 0) is 13.8 Å².